The number of nitro groups is 1. The number of hydrogen-bond donors (Lipinski definition) is 2. The van der Waals surface area contributed by atoms with Gasteiger partial charge in [0, 0.05) is 31.7 Å². The molecule has 3 rings (SSSR count). The van der Waals surface area contributed by atoms with Crippen LogP contribution in [0, 0.1) is 16.0 Å². The van der Waals surface area contributed by atoms with E-state index in [9.17, 15) is 18.5 Å². The summed E-state index contributed by atoms with van der Waals surface area (Å²) in [6.45, 7) is 4.23. The van der Waals surface area contributed by atoms with Gasteiger partial charge in [-0.25, -0.2) is 13.6 Å². The normalized spacial score (nSPS) is 24.5. The van der Waals surface area contributed by atoms with Crippen molar-refractivity contribution < 1.29 is 18.1 Å². The van der Waals surface area contributed by atoms with E-state index in [0.717, 1.165) is 58.1 Å². The van der Waals surface area contributed by atoms with Crippen LogP contribution < -0.4 is 10.5 Å². The fourth-order valence-corrected chi connectivity index (χ4v) is 4.43. The molecule has 9 nitrogen and oxygen atoms in total. The molecule has 1 aromatic rings. The average Bonchev–Trinajstić information content (AvgIpc) is 2.66. The Kier molecular flexibility index (Phi) is 6.30. The molecule has 2 aliphatic rings. The molecule has 1 aromatic carbocycles. The molecule has 0 bridgehead atoms. The minimum Gasteiger partial charge on any atom is -0.379 e. The number of anilines is 1. The molecule has 27 heavy (non-hydrogen) atoms. The lowest BCUT2D eigenvalue weighted by molar-refractivity contribution is -0.384. The Balaban J connectivity index is 1.56. The van der Waals surface area contributed by atoms with Crippen molar-refractivity contribution in [2.45, 2.75) is 36.6 Å². The van der Waals surface area contributed by atoms with Crippen LogP contribution in [0.2, 0.25) is 0 Å². The molecule has 1 aliphatic carbocycles. The van der Waals surface area contributed by atoms with E-state index >= 15 is 0 Å². The summed E-state index contributed by atoms with van der Waals surface area (Å²) >= 11 is 0. The van der Waals surface area contributed by atoms with Gasteiger partial charge in [0.2, 0.25) is 10.0 Å². The first kappa shape index (κ1) is 20.0. The van der Waals surface area contributed by atoms with Crippen LogP contribution in [-0.4, -0.2) is 57.1 Å². The number of sulfonamides is 1. The van der Waals surface area contributed by atoms with Crippen molar-refractivity contribution in [1.82, 2.24) is 4.90 Å². The van der Waals surface area contributed by atoms with Crippen LogP contribution in [0.4, 0.5) is 11.4 Å². The lowest BCUT2D eigenvalue weighted by Gasteiger charge is -2.38. The van der Waals surface area contributed by atoms with Gasteiger partial charge in [-0.15, -0.1) is 0 Å². The van der Waals surface area contributed by atoms with Crippen LogP contribution in [0.15, 0.2) is 23.1 Å². The van der Waals surface area contributed by atoms with Gasteiger partial charge in [-0.2, -0.15) is 0 Å². The molecule has 0 amide bonds. The monoisotopic (exact) mass is 398 g/mol. The molecule has 0 spiro atoms. The van der Waals surface area contributed by atoms with Gasteiger partial charge in [-0.05, 0) is 43.7 Å². The number of hydrogen-bond acceptors (Lipinski definition) is 7. The number of ether oxygens (including phenoxy) is 1. The van der Waals surface area contributed by atoms with Crippen LogP contribution >= 0.6 is 0 Å². The summed E-state index contributed by atoms with van der Waals surface area (Å²) in [6.07, 6.45) is 4.38. The molecule has 2 fully saturated rings. The predicted molar refractivity (Wildman–Crippen MR) is 101 cm³/mol. The SMILES string of the molecule is NS(=O)(=O)c1ccc(NC[C@H]2CC[C@H](N3CCOCC3)CC2)c([N+](=O)[O-])c1. The number of morpholine rings is 1. The summed E-state index contributed by atoms with van der Waals surface area (Å²) in [5.41, 5.74) is 0.0474. The Labute approximate surface area is 159 Å². The van der Waals surface area contributed by atoms with E-state index in [4.69, 9.17) is 9.88 Å². The number of nitrogens with zero attached hydrogens (tertiary/aromatic N) is 2. The highest BCUT2D eigenvalue weighted by atomic mass is 32.2. The minimum atomic E-state index is -3.97. The van der Waals surface area contributed by atoms with Gasteiger partial charge in [0.1, 0.15) is 5.69 Å². The number of primary sulfonamides is 1. The quantitative estimate of drug-likeness (QED) is 0.549. The molecule has 150 valence electrons. The van der Waals surface area contributed by atoms with E-state index in [1.165, 1.54) is 12.1 Å². The van der Waals surface area contributed by atoms with Crippen molar-refractivity contribution in [3.05, 3.63) is 28.3 Å². The van der Waals surface area contributed by atoms with Gasteiger partial charge < -0.3 is 10.1 Å². The second-order valence-corrected chi connectivity index (χ2v) is 8.75. The van der Waals surface area contributed by atoms with Gasteiger partial charge in [-0.1, -0.05) is 0 Å². The Hall–Kier alpha value is -1.75. The number of nitrogens with two attached hydrogens (primary N) is 1. The largest absolute Gasteiger partial charge is 0.379 e. The number of nitro benzene ring substituents is 1. The van der Waals surface area contributed by atoms with Crippen molar-refractivity contribution in [3.8, 4) is 0 Å². The van der Waals surface area contributed by atoms with Crippen LogP contribution in [0.5, 0.6) is 0 Å². The van der Waals surface area contributed by atoms with Crippen molar-refractivity contribution in [2.24, 2.45) is 11.1 Å². The van der Waals surface area contributed by atoms with Crippen molar-refractivity contribution >= 4 is 21.4 Å². The molecule has 1 aliphatic heterocycles. The third-order valence-electron chi connectivity index (χ3n) is 5.45. The molecular formula is C17H26N4O5S. The summed E-state index contributed by atoms with van der Waals surface area (Å²) in [5.74, 6) is 0.444. The fraction of sp³-hybridized carbons (Fsp3) is 0.647. The van der Waals surface area contributed by atoms with Crippen molar-refractivity contribution in [1.29, 1.82) is 0 Å². The van der Waals surface area contributed by atoms with Gasteiger partial charge in [0.15, 0.2) is 0 Å². The first-order valence-corrected chi connectivity index (χ1v) is 10.8. The van der Waals surface area contributed by atoms with Crippen LogP contribution in [0.25, 0.3) is 0 Å². The standard InChI is InChI=1S/C17H26N4O5S/c18-27(24,25)15-5-6-16(17(11-15)21(22)23)19-12-13-1-3-14(4-2-13)20-7-9-26-10-8-20/h5-6,11,13-14,19H,1-4,7-10,12H2,(H2,18,24,25)/t13-,14-. The van der Waals surface area contributed by atoms with E-state index in [2.05, 4.69) is 10.2 Å². The van der Waals surface area contributed by atoms with Crippen LogP contribution in [0.3, 0.4) is 0 Å². The molecule has 3 N–H and O–H groups in total. The fourth-order valence-electron chi connectivity index (χ4n) is 3.90. The van der Waals surface area contributed by atoms with Crippen molar-refractivity contribution in [2.75, 3.05) is 38.2 Å². The molecule has 0 radical (unpaired) electrons. The lowest BCUT2D eigenvalue weighted by Crippen LogP contribution is -2.45. The molecule has 0 aromatic heterocycles. The summed E-state index contributed by atoms with van der Waals surface area (Å²) < 4.78 is 28.2. The summed E-state index contributed by atoms with van der Waals surface area (Å²) in [7, 11) is -3.97. The van der Waals surface area contributed by atoms with Crippen LogP contribution in [0.1, 0.15) is 25.7 Å². The van der Waals surface area contributed by atoms with E-state index < -0.39 is 14.9 Å². The van der Waals surface area contributed by atoms with Gasteiger partial charge in [0.25, 0.3) is 5.69 Å². The summed E-state index contributed by atoms with van der Waals surface area (Å²) in [4.78, 5) is 12.9. The molecule has 0 atom stereocenters. The topological polar surface area (TPSA) is 128 Å². The maximum Gasteiger partial charge on any atom is 0.293 e. The lowest BCUT2D eigenvalue weighted by atomic mass is 9.85. The summed E-state index contributed by atoms with van der Waals surface area (Å²) in [6, 6.07) is 4.32. The van der Waals surface area contributed by atoms with Gasteiger partial charge in [-0.3, -0.25) is 15.0 Å². The third kappa shape index (κ3) is 5.16. The zero-order valence-corrected chi connectivity index (χ0v) is 16.0. The van der Waals surface area contributed by atoms with E-state index in [1.807, 2.05) is 0 Å². The van der Waals surface area contributed by atoms with E-state index in [-0.39, 0.29) is 10.6 Å². The molecule has 1 saturated carbocycles. The van der Waals surface area contributed by atoms with Crippen molar-refractivity contribution in [3.63, 3.8) is 0 Å². The molecule has 10 heteroatoms. The minimum absolute atomic E-state index is 0.259. The molecule has 0 unspecified atom stereocenters. The Morgan fingerprint density at radius 3 is 2.48 bits per heavy atom. The maximum atomic E-state index is 11.4. The van der Waals surface area contributed by atoms with E-state index in [0.29, 0.717) is 24.2 Å². The highest BCUT2D eigenvalue weighted by molar-refractivity contribution is 7.89. The first-order valence-electron chi connectivity index (χ1n) is 9.21. The van der Waals surface area contributed by atoms with Crippen LogP contribution in [-0.2, 0) is 14.8 Å². The number of nitrogens with one attached hydrogen (secondary N) is 1. The third-order valence-corrected chi connectivity index (χ3v) is 6.36. The number of benzene rings is 1. The summed E-state index contributed by atoms with van der Waals surface area (Å²) in [5, 5.41) is 19.5. The number of rotatable bonds is 6. The highest BCUT2D eigenvalue weighted by Gasteiger charge is 2.27. The zero-order valence-electron chi connectivity index (χ0n) is 15.2. The Morgan fingerprint density at radius 1 is 1.22 bits per heavy atom. The Morgan fingerprint density at radius 2 is 1.89 bits per heavy atom. The Bertz CT molecular complexity index is 772. The molecule has 1 heterocycles. The molecule has 1 saturated heterocycles. The molecular weight excluding hydrogens is 372 g/mol. The average molecular weight is 398 g/mol. The highest BCUT2D eigenvalue weighted by Crippen LogP contribution is 2.31. The zero-order chi connectivity index (χ0) is 19.4. The predicted octanol–water partition coefficient (Wildman–Crippen LogP) is 1.55. The first-order chi connectivity index (χ1) is 12.8. The maximum absolute atomic E-state index is 11.4. The van der Waals surface area contributed by atoms with Gasteiger partial charge in [0.05, 0.1) is 23.0 Å². The second-order valence-electron chi connectivity index (χ2n) is 7.18. The van der Waals surface area contributed by atoms with Gasteiger partial charge >= 0.3 is 0 Å². The smallest absolute Gasteiger partial charge is 0.293 e. The second kappa shape index (κ2) is 8.51. The van der Waals surface area contributed by atoms with E-state index in [1.54, 1.807) is 0 Å².